The quantitative estimate of drug-likeness (QED) is 0.105. The molecule has 0 aliphatic rings. The molecule has 4 rings (SSSR count). The molecule has 1 unspecified atom stereocenters. The summed E-state index contributed by atoms with van der Waals surface area (Å²) < 4.78 is 0. The Hall–Kier alpha value is -3.78. The largest absolute Gasteiger partial charge is 0.277 e. The first-order valence-electron chi connectivity index (χ1n) is 16.2. The molecule has 0 saturated heterocycles. The van der Waals surface area contributed by atoms with Gasteiger partial charge in [-0.1, -0.05) is 157 Å². The van der Waals surface area contributed by atoms with Crippen LogP contribution in [-0.2, 0) is 6.42 Å². The zero-order valence-corrected chi connectivity index (χ0v) is 28.3. The lowest BCUT2D eigenvalue weighted by Crippen LogP contribution is -2.60. The highest BCUT2D eigenvalue weighted by molar-refractivity contribution is 7.14. The van der Waals surface area contributed by atoms with Crippen LogP contribution in [0, 0.1) is 22.9 Å². The van der Waals surface area contributed by atoms with Crippen molar-refractivity contribution in [3.8, 4) is 22.9 Å². The van der Waals surface area contributed by atoms with Gasteiger partial charge in [-0.05, 0) is 87.5 Å². The fourth-order valence-corrected chi connectivity index (χ4v) is 9.54. The van der Waals surface area contributed by atoms with Gasteiger partial charge in [0.2, 0.25) is 0 Å². The third-order valence-electron chi connectivity index (χ3n) is 8.30. The Morgan fingerprint density at radius 3 is 1.58 bits per heavy atom. The molecule has 0 saturated carbocycles. The minimum absolute atomic E-state index is 0.351. The van der Waals surface area contributed by atoms with Crippen molar-refractivity contribution in [3.05, 3.63) is 130 Å². The minimum Gasteiger partial charge on any atom is -0.0989 e. The average molecular weight is 581 g/mol. The van der Waals surface area contributed by atoms with Gasteiger partial charge in [0.1, 0.15) is 0 Å². The van der Waals surface area contributed by atoms with Crippen molar-refractivity contribution in [2.75, 3.05) is 0 Å². The van der Waals surface area contributed by atoms with Crippen molar-refractivity contribution in [2.45, 2.75) is 91.9 Å². The van der Waals surface area contributed by atoms with Gasteiger partial charge in [0.15, 0.2) is 0 Å². The van der Waals surface area contributed by atoms with Gasteiger partial charge in [-0.2, -0.15) is 0 Å². The molecule has 0 aliphatic carbocycles. The molecule has 1 atom stereocenters. The van der Waals surface area contributed by atoms with Crippen LogP contribution in [-0.4, -0.2) is 8.07 Å². The highest BCUT2D eigenvalue weighted by Gasteiger charge is 2.40. The predicted octanol–water partition coefficient (Wildman–Crippen LogP) is 9.53. The van der Waals surface area contributed by atoms with E-state index in [1.54, 1.807) is 0 Å². The molecule has 0 fully saturated rings. The van der Waals surface area contributed by atoms with E-state index >= 15 is 0 Å². The van der Waals surface area contributed by atoms with E-state index in [-0.39, 0.29) is 0 Å². The van der Waals surface area contributed by atoms with Crippen LogP contribution in [0.4, 0.5) is 0 Å². The van der Waals surface area contributed by atoms with E-state index in [0.717, 1.165) is 17.5 Å². The van der Waals surface area contributed by atoms with Crippen molar-refractivity contribution in [3.63, 3.8) is 0 Å². The second-order valence-corrected chi connectivity index (χ2v) is 15.8. The van der Waals surface area contributed by atoms with Crippen LogP contribution in [0.25, 0.3) is 0 Å². The smallest absolute Gasteiger partial charge is 0.0989 e. The Kier molecular flexibility index (Phi) is 11.3. The van der Waals surface area contributed by atoms with Crippen LogP contribution < -0.4 is 10.4 Å². The third-order valence-corrected chi connectivity index (χ3v) is 11.8. The molecule has 1 heteroatoms. The lowest BCUT2D eigenvalue weighted by molar-refractivity contribution is 0.717. The van der Waals surface area contributed by atoms with Crippen LogP contribution in [0.1, 0.15) is 119 Å². The zero-order chi connectivity index (χ0) is 30.8. The summed E-state index contributed by atoms with van der Waals surface area (Å²) in [5, 5.41) is 2.64. The van der Waals surface area contributed by atoms with Crippen molar-refractivity contribution in [1.29, 1.82) is 0 Å². The van der Waals surface area contributed by atoms with Crippen LogP contribution in [0.15, 0.2) is 97.1 Å². The van der Waals surface area contributed by atoms with Gasteiger partial charge < -0.3 is 0 Å². The van der Waals surface area contributed by atoms with Crippen molar-refractivity contribution >= 4 is 18.4 Å². The van der Waals surface area contributed by atoms with Crippen LogP contribution >= 0.6 is 0 Å². The molecular formula is C42H48Si. The minimum atomic E-state index is -2.95. The van der Waals surface area contributed by atoms with E-state index in [9.17, 15) is 0 Å². The Morgan fingerprint density at radius 2 is 1.09 bits per heavy atom. The van der Waals surface area contributed by atoms with Crippen molar-refractivity contribution < 1.29 is 0 Å². The summed E-state index contributed by atoms with van der Waals surface area (Å²) in [5.74, 6) is 8.48. The maximum Gasteiger partial charge on any atom is 0.277 e. The van der Waals surface area contributed by atoms with Gasteiger partial charge in [-0.15, -0.1) is 0 Å². The molecule has 0 radical (unpaired) electrons. The summed E-state index contributed by atoms with van der Waals surface area (Å²) in [4.78, 5) is 0. The number of rotatable bonds is 9. The fourth-order valence-electron chi connectivity index (χ4n) is 5.71. The second kappa shape index (κ2) is 15.1. The van der Waals surface area contributed by atoms with E-state index in [0.29, 0.717) is 17.8 Å². The maximum absolute atomic E-state index is 3.98. The normalized spacial score (nSPS) is 12.4. The van der Waals surface area contributed by atoms with E-state index in [1.165, 1.54) is 51.9 Å². The van der Waals surface area contributed by atoms with E-state index in [4.69, 9.17) is 0 Å². The van der Waals surface area contributed by atoms with Gasteiger partial charge in [0, 0.05) is 11.1 Å². The summed E-state index contributed by atoms with van der Waals surface area (Å²) in [6.07, 6.45) is 4.89. The second-order valence-electron chi connectivity index (χ2n) is 12.7. The SMILES string of the molecule is CCCCCc1ccc(C#C[Si](C#Cc2ccccc2)(c2ccccc2)c2c(C(C)C)cc(C(C)C)cc2C(C)C)cc1. The number of unbranched alkanes of at least 4 members (excludes halogenated alkanes) is 2. The van der Waals surface area contributed by atoms with Crippen molar-refractivity contribution in [1.82, 2.24) is 0 Å². The molecule has 43 heavy (non-hydrogen) atoms. The van der Waals surface area contributed by atoms with Crippen molar-refractivity contribution in [2.24, 2.45) is 0 Å². The molecule has 0 aliphatic heterocycles. The van der Waals surface area contributed by atoms with Crippen LogP contribution in [0.5, 0.6) is 0 Å². The Labute approximate surface area is 263 Å². The fraction of sp³-hybridized carbons (Fsp3) is 0.333. The highest BCUT2D eigenvalue weighted by Crippen LogP contribution is 2.28. The number of hydrogen-bond acceptors (Lipinski definition) is 0. The molecule has 0 nitrogen and oxygen atoms in total. The van der Waals surface area contributed by atoms with Gasteiger partial charge in [-0.25, -0.2) is 0 Å². The van der Waals surface area contributed by atoms with Crippen LogP contribution in [0.2, 0.25) is 0 Å². The standard InChI is InChI=1S/C42H48Si/c1-8-9-12-17-36-22-24-37(25-23-36)27-29-43(39-20-15-11-16-21-39,28-26-35-18-13-10-14-19-35)42-40(33(4)5)30-38(32(2)3)31-41(42)34(6)7/h10-11,13-16,18-25,30-34H,8-9,12,17H2,1-7H3. The molecule has 0 N–H and O–H groups in total. The van der Waals surface area contributed by atoms with Gasteiger partial charge in [0.05, 0.1) is 0 Å². The predicted molar refractivity (Wildman–Crippen MR) is 190 cm³/mol. The first-order valence-corrected chi connectivity index (χ1v) is 18.2. The first-order chi connectivity index (χ1) is 20.7. The Balaban J connectivity index is 2.05. The molecule has 0 heterocycles. The molecule has 4 aromatic rings. The molecular weight excluding hydrogens is 533 g/mol. The summed E-state index contributed by atoms with van der Waals surface area (Å²) in [5.41, 5.74) is 15.6. The Morgan fingerprint density at radius 1 is 0.581 bits per heavy atom. The average Bonchev–Trinajstić information content (AvgIpc) is 3.02. The van der Waals surface area contributed by atoms with Gasteiger partial charge in [0.25, 0.3) is 8.07 Å². The number of hydrogen-bond donors (Lipinski definition) is 0. The highest BCUT2D eigenvalue weighted by atomic mass is 28.3. The summed E-state index contributed by atoms with van der Waals surface area (Å²) in [6, 6.07) is 35.2. The molecule has 0 aromatic heterocycles. The lowest BCUT2D eigenvalue weighted by atomic mass is 9.89. The van der Waals surface area contributed by atoms with E-state index in [1.807, 2.05) is 0 Å². The number of benzene rings is 4. The Bertz CT molecular complexity index is 1560. The van der Waals surface area contributed by atoms with Gasteiger partial charge >= 0.3 is 0 Å². The molecule has 4 aromatic carbocycles. The molecule has 0 bridgehead atoms. The third kappa shape index (κ3) is 7.99. The molecule has 0 amide bonds. The lowest BCUT2D eigenvalue weighted by Gasteiger charge is -2.31. The molecule has 0 spiro atoms. The topological polar surface area (TPSA) is 0 Å². The summed E-state index contributed by atoms with van der Waals surface area (Å²) in [6.45, 7) is 16.2. The van der Waals surface area contributed by atoms with Gasteiger partial charge in [-0.3, -0.25) is 0 Å². The summed E-state index contributed by atoms with van der Waals surface area (Å²) >= 11 is 0. The number of aryl methyl sites for hydroxylation is 1. The zero-order valence-electron chi connectivity index (χ0n) is 27.3. The monoisotopic (exact) mass is 580 g/mol. The van der Waals surface area contributed by atoms with E-state index in [2.05, 4.69) is 168 Å². The maximum atomic E-state index is 3.98. The first kappa shape index (κ1) is 32.1. The molecule has 220 valence electrons. The van der Waals surface area contributed by atoms with E-state index < -0.39 is 8.07 Å². The van der Waals surface area contributed by atoms with Crippen LogP contribution in [0.3, 0.4) is 0 Å². The summed E-state index contributed by atoms with van der Waals surface area (Å²) in [7, 11) is -2.95.